The zero-order valence-electron chi connectivity index (χ0n) is 13.8. The zero-order valence-corrected chi connectivity index (χ0v) is 13.8. The van der Waals surface area contributed by atoms with E-state index in [1.807, 2.05) is 0 Å². The van der Waals surface area contributed by atoms with E-state index in [0.717, 1.165) is 12.1 Å². The highest BCUT2D eigenvalue weighted by Gasteiger charge is 2.13. The van der Waals surface area contributed by atoms with Crippen molar-refractivity contribution in [2.75, 3.05) is 0 Å². The lowest BCUT2D eigenvalue weighted by molar-refractivity contribution is 0.584. The molecule has 4 rings (SSSR count). The Morgan fingerprint density at radius 2 is 1.63 bits per heavy atom. The van der Waals surface area contributed by atoms with Gasteiger partial charge in [-0.1, -0.05) is 6.07 Å². The van der Waals surface area contributed by atoms with E-state index < -0.39 is 17.5 Å². The van der Waals surface area contributed by atoms with Crippen molar-refractivity contribution in [2.24, 2.45) is 0 Å². The van der Waals surface area contributed by atoms with Gasteiger partial charge in [0.1, 0.15) is 17.5 Å². The van der Waals surface area contributed by atoms with Gasteiger partial charge in [0.15, 0.2) is 5.82 Å². The van der Waals surface area contributed by atoms with Crippen molar-refractivity contribution in [3.8, 4) is 33.8 Å². The number of hydrogen-bond donors (Lipinski definition) is 0. The average Bonchev–Trinajstić information content (AvgIpc) is 2.69. The first-order chi connectivity index (χ1) is 13.1. The van der Waals surface area contributed by atoms with Gasteiger partial charge in [0.2, 0.25) is 0 Å². The molecule has 4 nitrogen and oxygen atoms in total. The summed E-state index contributed by atoms with van der Waals surface area (Å²) in [5, 5.41) is 7.66. The van der Waals surface area contributed by atoms with Crippen LogP contribution in [0.15, 0.2) is 67.1 Å². The molecular weight excluding hydrogens is 353 g/mol. The Labute approximate surface area is 152 Å². The highest BCUT2D eigenvalue weighted by atomic mass is 19.1. The molecule has 27 heavy (non-hydrogen) atoms. The molecule has 0 amide bonds. The maximum absolute atomic E-state index is 14.2. The quantitative estimate of drug-likeness (QED) is 0.529. The number of nitrogens with zero attached hydrogens (tertiary/aromatic N) is 4. The minimum atomic E-state index is -0.788. The first-order valence-corrected chi connectivity index (χ1v) is 7.97. The van der Waals surface area contributed by atoms with Gasteiger partial charge in [-0.25, -0.2) is 18.2 Å². The van der Waals surface area contributed by atoms with E-state index in [9.17, 15) is 13.2 Å². The van der Waals surface area contributed by atoms with Crippen LogP contribution in [-0.4, -0.2) is 20.2 Å². The predicted octanol–water partition coefficient (Wildman–Crippen LogP) is 4.68. The lowest BCUT2D eigenvalue weighted by Crippen LogP contribution is -1.98. The van der Waals surface area contributed by atoms with E-state index in [1.54, 1.807) is 36.7 Å². The third kappa shape index (κ3) is 3.39. The van der Waals surface area contributed by atoms with Gasteiger partial charge in [-0.15, -0.1) is 5.10 Å². The van der Waals surface area contributed by atoms with Gasteiger partial charge in [0, 0.05) is 35.2 Å². The van der Waals surface area contributed by atoms with Crippen molar-refractivity contribution in [1.82, 2.24) is 20.2 Å². The first kappa shape index (κ1) is 16.8. The molecule has 132 valence electrons. The summed E-state index contributed by atoms with van der Waals surface area (Å²) < 4.78 is 41.4. The third-order valence-electron chi connectivity index (χ3n) is 3.97. The number of aromatic nitrogens is 4. The number of pyridine rings is 1. The predicted molar refractivity (Wildman–Crippen MR) is 93.8 cm³/mol. The van der Waals surface area contributed by atoms with E-state index in [4.69, 9.17) is 0 Å². The summed E-state index contributed by atoms with van der Waals surface area (Å²) in [6.07, 6.45) is 4.55. The van der Waals surface area contributed by atoms with Crippen molar-refractivity contribution in [3.63, 3.8) is 0 Å². The molecule has 2 aromatic carbocycles. The van der Waals surface area contributed by atoms with Crippen LogP contribution in [-0.2, 0) is 0 Å². The Balaban J connectivity index is 1.79. The monoisotopic (exact) mass is 364 g/mol. The highest BCUT2D eigenvalue weighted by molar-refractivity contribution is 5.72. The summed E-state index contributed by atoms with van der Waals surface area (Å²) in [6.45, 7) is 0. The molecule has 0 aliphatic carbocycles. The zero-order chi connectivity index (χ0) is 18.8. The van der Waals surface area contributed by atoms with E-state index in [-0.39, 0.29) is 11.4 Å². The van der Waals surface area contributed by atoms with Gasteiger partial charge >= 0.3 is 0 Å². The Hall–Kier alpha value is -3.61. The maximum atomic E-state index is 14.2. The second-order valence-electron chi connectivity index (χ2n) is 5.73. The van der Waals surface area contributed by atoms with Crippen LogP contribution in [0.2, 0.25) is 0 Å². The van der Waals surface area contributed by atoms with Gasteiger partial charge in [-0.2, -0.15) is 5.10 Å². The lowest BCUT2D eigenvalue weighted by atomic mass is 10.0. The minimum absolute atomic E-state index is 0.0113. The molecule has 0 aliphatic heterocycles. The maximum Gasteiger partial charge on any atom is 0.185 e. The van der Waals surface area contributed by atoms with E-state index >= 15 is 0 Å². The van der Waals surface area contributed by atoms with Crippen molar-refractivity contribution in [3.05, 3.63) is 84.6 Å². The van der Waals surface area contributed by atoms with Crippen molar-refractivity contribution >= 4 is 0 Å². The molecule has 0 unspecified atom stereocenters. The third-order valence-corrected chi connectivity index (χ3v) is 3.97. The molecular formula is C20H11F3N4. The van der Waals surface area contributed by atoms with Gasteiger partial charge in [-0.3, -0.25) is 4.98 Å². The Bertz CT molecular complexity index is 1120. The summed E-state index contributed by atoms with van der Waals surface area (Å²) in [4.78, 5) is 8.29. The molecule has 0 saturated carbocycles. The topological polar surface area (TPSA) is 51.6 Å². The standard InChI is InChI=1S/C20H11F3N4/c21-14-4-5-15(18(23)9-14)20-26-19(11-25-27-20)12-3-6-17(22)16(8-12)13-2-1-7-24-10-13/h1-11H. The number of halogens is 3. The fourth-order valence-electron chi connectivity index (χ4n) is 2.66. The van der Waals surface area contributed by atoms with Gasteiger partial charge in [0.05, 0.1) is 17.5 Å². The van der Waals surface area contributed by atoms with Crippen molar-refractivity contribution in [2.45, 2.75) is 0 Å². The second-order valence-corrected chi connectivity index (χ2v) is 5.73. The Morgan fingerprint density at radius 1 is 0.741 bits per heavy atom. The van der Waals surface area contributed by atoms with Crippen molar-refractivity contribution in [1.29, 1.82) is 0 Å². The lowest BCUT2D eigenvalue weighted by Gasteiger charge is -2.08. The summed E-state index contributed by atoms with van der Waals surface area (Å²) in [5.74, 6) is -1.88. The van der Waals surface area contributed by atoms with E-state index in [2.05, 4.69) is 20.2 Å². The van der Waals surface area contributed by atoms with E-state index in [1.165, 1.54) is 18.3 Å². The summed E-state index contributed by atoms with van der Waals surface area (Å²) in [6, 6.07) is 11.0. The van der Waals surface area contributed by atoms with Crippen LogP contribution in [0.5, 0.6) is 0 Å². The fraction of sp³-hybridized carbons (Fsp3) is 0. The second kappa shape index (κ2) is 6.95. The highest BCUT2D eigenvalue weighted by Crippen LogP contribution is 2.28. The molecule has 2 heterocycles. The molecule has 0 aliphatic rings. The summed E-state index contributed by atoms with van der Waals surface area (Å²) >= 11 is 0. The largest absolute Gasteiger partial charge is 0.264 e. The van der Waals surface area contributed by atoms with Crippen LogP contribution in [0.3, 0.4) is 0 Å². The first-order valence-electron chi connectivity index (χ1n) is 7.97. The van der Waals surface area contributed by atoms with Crippen LogP contribution >= 0.6 is 0 Å². The fourth-order valence-corrected chi connectivity index (χ4v) is 2.66. The molecule has 0 N–H and O–H groups in total. The van der Waals surface area contributed by atoms with Crippen LogP contribution < -0.4 is 0 Å². The molecule has 0 atom stereocenters. The molecule has 0 bridgehead atoms. The van der Waals surface area contributed by atoms with Crippen LogP contribution in [0, 0.1) is 17.5 Å². The molecule has 0 spiro atoms. The molecule has 2 aromatic heterocycles. The van der Waals surface area contributed by atoms with Crippen LogP contribution in [0.25, 0.3) is 33.8 Å². The summed E-state index contributed by atoms with van der Waals surface area (Å²) in [7, 11) is 0. The van der Waals surface area contributed by atoms with Gasteiger partial charge in [-0.05, 0) is 36.4 Å². The number of benzene rings is 2. The SMILES string of the molecule is Fc1ccc(-c2nncc(-c3ccc(F)c(-c4cccnc4)c3)n2)c(F)c1. The van der Waals surface area contributed by atoms with Crippen molar-refractivity contribution < 1.29 is 13.2 Å². The van der Waals surface area contributed by atoms with Crippen LogP contribution in [0.1, 0.15) is 0 Å². The Kier molecular flexibility index (Phi) is 4.33. The molecule has 7 heteroatoms. The molecule has 0 saturated heterocycles. The smallest absolute Gasteiger partial charge is 0.185 e. The number of hydrogen-bond acceptors (Lipinski definition) is 4. The average molecular weight is 364 g/mol. The van der Waals surface area contributed by atoms with Gasteiger partial charge in [0.25, 0.3) is 0 Å². The Morgan fingerprint density at radius 3 is 2.41 bits per heavy atom. The summed E-state index contributed by atoms with van der Waals surface area (Å²) in [5.41, 5.74) is 1.96. The van der Waals surface area contributed by atoms with E-state index in [0.29, 0.717) is 22.4 Å². The molecule has 0 radical (unpaired) electrons. The van der Waals surface area contributed by atoms with Gasteiger partial charge < -0.3 is 0 Å². The molecule has 0 fully saturated rings. The molecule has 4 aromatic rings. The minimum Gasteiger partial charge on any atom is -0.264 e. The normalized spacial score (nSPS) is 10.8. The van der Waals surface area contributed by atoms with Crippen LogP contribution in [0.4, 0.5) is 13.2 Å². The number of rotatable bonds is 3.